The van der Waals surface area contributed by atoms with Crippen LogP contribution in [0, 0.1) is 11.8 Å². The van der Waals surface area contributed by atoms with Gasteiger partial charge in [0.1, 0.15) is 5.56 Å². The lowest BCUT2D eigenvalue weighted by Crippen LogP contribution is -2.21. The number of aromatic amines is 1. The van der Waals surface area contributed by atoms with Crippen molar-refractivity contribution < 1.29 is 4.42 Å². The van der Waals surface area contributed by atoms with E-state index < -0.39 is 0 Å². The molecule has 0 atom stereocenters. The molecule has 15 heavy (non-hydrogen) atoms. The molecule has 0 unspecified atom stereocenters. The van der Waals surface area contributed by atoms with Crippen molar-refractivity contribution in [3.05, 3.63) is 27.0 Å². The van der Waals surface area contributed by atoms with Gasteiger partial charge in [-0.3, -0.25) is 4.79 Å². The molecule has 6 nitrogen and oxygen atoms in total. The van der Waals surface area contributed by atoms with E-state index in [0.29, 0.717) is 11.3 Å². The van der Waals surface area contributed by atoms with Crippen molar-refractivity contribution in [2.75, 3.05) is 0 Å². The number of hydrogen-bond donors (Lipinski definition) is 1. The third-order valence-corrected chi connectivity index (χ3v) is 2.03. The number of aryl methyl sites for hydroxylation is 2. The summed E-state index contributed by atoms with van der Waals surface area (Å²) in [6.45, 7) is 1.78. The molecule has 2 rings (SSSR count). The Bertz CT molecular complexity index is 610. The van der Waals surface area contributed by atoms with E-state index in [0.717, 1.165) is 0 Å². The molecule has 0 radical (unpaired) electrons. The summed E-state index contributed by atoms with van der Waals surface area (Å²) >= 11 is 4.73. The summed E-state index contributed by atoms with van der Waals surface area (Å²) in [4.78, 5) is 11.8. The molecule has 0 aliphatic carbocycles. The van der Waals surface area contributed by atoms with E-state index in [1.807, 2.05) is 0 Å². The van der Waals surface area contributed by atoms with E-state index in [-0.39, 0.29) is 16.3 Å². The van der Waals surface area contributed by atoms with Gasteiger partial charge in [-0.05, 0) is 25.2 Å². The van der Waals surface area contributed by atoms with Gasteiger partial charge < -0.3 is 4.42 Å². The predicted molar refractivity (Wildman–Crippen MR) is 54.9 cm³/mol. The molecule has 0 aromatic carbocycles. The highest BCUT2D eigenvalue weighted by molar-refractivity contribution is 7.71. The molecule has 0 aliphatic heterocycles. The molecule has 0 saturated carbocycles. The van der Waals surface area contributed by atoms with Gasteiger partial charge in [-0.25, -0.2) is 9.78 Å². The van der Waals surface area contributed by atoms with Crippen LogP contribution in [0.2, 0.25) is 0 Å². The molecule has 2 heterocycles. The molecule has 2 aromatic rings. The monoisotopic (exact) mass is 224 g/mol. The molecule has 0 spiro atoms. The van der Waals surface area contributed by atoms with E-state index in [1.54, 1.807) is 20.0 Å². The lowest BCUT2D eigenvalue weighted by Gasteiger charge is -2.00. The van der Waals surface area contributed by atoms with Gasteiger partial charge in [0, 0.05) is 7.05 Å². The Balaban J connectivity index is 2.73. The third kappa shape index (κ3) is 1.73. The highest BCUT2D eigenvalue weighted by atomic mass is 32.1. The van der Waals surface area contributed by atoms with Crippen molar-refractivity contribution in [3.63, 3.8) is 0 Å². The van der Waals surface area contributed by atoms with Gasteiger partial charge >= 0.3 is 0 Å². The average molecular weight is 224 g/mol. The standard InChI is InChI=1S/C8H8N4O2S/c1-4-3-5(7(13)12(2)11-4)6-9-10-8(15)14-6/h3H,1-2H3,(H,10,15). The van der Waals surface area contributed by atoms with Crippen molar-refractivity contribution in [2.24, 2.45) is 7.05 Å². The molecule has 0 amide bonds. The average Bonchev–Trinajstić information content (AvgIpc) is 2.58. The number of hydrogen-bond acceptors (Lipinski definition) is 5. The van der Waals surface area contributed by atoms with Crippen LogP contribution in [-0.2, 0) is 7.05 Å². The van der Waals surface area contributed by atoms with Crippen LogP contribution in [0.5, 0.6) is 0 Å². The number of aromatic nitrogens is 4. The van der Waals surface area contributed by atoms with Gasteiger partial charge in [0.25, 0.3) is 16.3 Å². The summed E-state index contributed by atoms with van der Waals surface area (Å²) in [6.07, 6.45) is 0. The van der Waals surface area contributed by atoms with E-state index in [1.165, 1.54) is 4.68 Å². The van der Waals surface area contributed by atoms with Crippen molar-refractivity contribution in [2.45, 2.75) is 6.92 Å². The van der Waals surface area contributed by atoms with Gasteiger partial charge in [0.15, 0.2) is 0 Å². The third-order valence-electron chi connectivity index (χ3n) is 1.85. The first-order chi connectivity index (χ1) is 7.08. The van der Waals surface area contributed by atoms with E-state index in [2.05, 4.69) is 15.3 Å². The minimum Gasteiger partial charge on any atom is -0.409 e. The summed E-state index contributed by atoms with van der Waals surface area (Å²) in [5.74, 6) is 0.186. The topological polar surface area (TPSA) is 76.7 Å². The quantitative estimate of drug-likeness (QED) is 0.725. The Morgan fingerprint density at radius 2 is 2.33 bits per heavy atom. The second-order valence-electron chi connectivity index (χ2n) is 3.05. The summed E-state index contributed by atoms with van der Waals surface area (Å²) in [5, 5.41) is 10.2. The number of H-pyrrole nitrogens is 1. The van der Waals surface area contributed by atoms with Gasteiger partial charge in [-0.15, -0.1) is 5.10 Å². The van der Waals surface area contributed by atoms with Crippen molar-refractivity contribution in [1.82, 2.24) is 20.0 Å². The smallest absolute Gasteiger partial charge is 0.284 e. The Hall–Kier alpha value is -1.76. The summed E-state index contributed by atoms with van der Waals surface area (Å²) in [7, 11) is 1.57. The Labute approximate surface area is 89.6 Å². The van der Waals surface area contributed by atoms with E-state index in [9.17, 15) is 4.79 Å². The maximum Gasteiger partial charge on any atom is 0.284 e. The summed E-state index contributed by atoms with van der Waals surface area (Å²) in [5.41, 5.74) is 0.777. The maximum absolute atomic E-state index is 11.7. The van der Waals surface area contributed by atoms with Gasteiger partial charge in [0.05, 0.1) is 5.69 Å². The first kappa shape index (κ1) is 9.78. The summed E-state index contributed by atoms with van der Waals surface area (Å²) in [6, 6.07) is 1.61. The van der Waals surface area contributed by atoms with Crippen LogP contribution in [-0.4, -0.2) is 20.0 Å². The summed E-state index contributed by atoms with van der Waals surface area (Å²) < 4.78 is 6.30. The van der Waals surface area contributed by atoms with Crippen LogP contribution < -0.4 is 5.56 Å². The molecule has 78 valence electrons. The van der Waals surface area contributed by atoms with Crippen LogP contribution >= 0.6 is 12.2 Å². The minimum atomic E-state index is -0.272. The van der Waals surface area contributed by atoms with Crippen molar-refractivity contribution >= 4 is 12.2 Å². The highest BCUT2D eigenvalue weighted by Crippen LogP contribution is 2.11. The minimum absolute atomic E-state index is 0.140. The Morgan fingerprint density at radius 1 is 1.60 bits per heavy atom. The zero-order valence-corrected chi connectivity index (χ0v) is 8.96. The lowest BCUT2D eigenvalue weighted by molar-refractivity contribution is 0.548. The first-order valence-electron chi connectivity index (χ1n) is 4.19. The molecular weight excluding hydrogens is 216 g/mol. The fourth-order valence-corrected chi connectivity index (χ4v) is 1.38. The zero-order valence-electron chi connectivity index (χ0n) is 8.14. The number of nitrogens with zero attached hydrogens (tertiary/aromatic N) is 3. The number of nitrogens with one attached hydrogen (secondary N) is 1. The van der Waals surface area contributed by atoms with Crippen molar-refractivity contribution in [1.29, 1.82) is 0 Å². The fourth-order valence-electron chi connectivity index (χ4n) is 1.25. The Morgan fingerprint density at radius 3 is 2.93 bits per heavy atom. The first-order valence-corrected chi connectivity index (χ1v) is 4.59. The molecular formula is C8H8N4O2S. The van der Waals surface area contributed by atoms with Crippen LogP contribution in [0.1, 0.15) is 5.69 Å². The molecule has 0 bridgehead atoms. The second kappa shape index (κ2) is 3.43. The number of rotatable bonds is 1. The van der Waals surface area contributed by atoms with Gasteiger partial charge in [-0.1, -0.05) is 0 Å². The molecule has 2 aromatic heterocycles. The van der Waals surface area contributed by atoms with E-state index >= 15 is 0 Å². The fraction of sp³-hybridized carbons (Fsp3) is 0.250. The van der Waals surface area contributed by atoms with Crippen LogP contribution in [0.25, 0.3) is 11.5 Å². The van der Waals surface area contributed by atoms with Crippen LogP contribution in [0.3, 0.4) is 0 Å². The molecule has 1 N–H and O–H groups in total. The SMILES string of the molecule is Cc1cc(-c2n[nH]c(=S)o2)c(=O)n(C)n1. The molecule has 0 saturated heterocycles. The second-order valence-corrected chi connectivity index (χ2v) is 3.42. The zero-order chi connectivity index (χ0) is 11.0. The van der Waals surface area contributed by atoms with Gasteiger partial charge in [0.2, 0.25) is 0 Å². The van der Waals surface area contributed by atoms with E-state index in [4.69, 9.17) is 16.6 Å². The highest BCUT2D eigenvalue weighted by Gasteiger charge is 2.11. The Kier molecular flexibility index (Phi) is 2.24. The maximum atomic E-state index is 11.7. The van der Waals surface area contributed by atoms with Gasteiger partial charge in [-0.2, -0.15) is 5.10 Å². The largest absolute Gasteiger partial charge is 0.409 e. The molecule has 7 heteroatoms. The lowest BCUT2D eigenvalue weighted by atomic mass is 10.2. The predicted octanol–water partition coefficient (Wildman–Crippen LogP) is 0.801. The van der Waals surface area contributed by atoms with Crippen LogP contribution in [0.4, 0.5) is 0 Å². The van der Waals surface area contributed by atoms with Crippen LogP contribution in [0.15, 0.2) is 15.3 Å². The van der Waals surface area contributed by atoms with Crippen molar-refractivity contribution in [3.8, 4) is 11.5 Å². The molecule has 0 aliphatic rings. The molecule has 0 fully saturated rings. The normalized spacial score (nSPS) is 10.5.